The highest BCUT2D eigenvalue weighted by molar-refractivity contribution is 5.95. The number of nitrogens with one attached hydrogen (secondary N) is 2. The number of carbonyl (C=O) groups is 3. The molecule has 9 nitrogen and oxygen atoms in total. The molecule has 0 aliphatic carbocycles. The first-order valence-electron chi connectivity index (χ1n) is 9.37. The van der Waals surface area contributed by atoms with E-state index in [2.05, 4.69) is 10.6 Å². The van der Waals surface area contributed by atoms with E-state index in [9.17, 15) is 14.4 Å². The molecule has 2 aliphatic heterocycles. The monoisotopic (exact) mass is 389 g/mol. The third-order valence-electron chi connectivity index (χ3n) is 5.04. The maximum atomic E-state index is 12.3. The Morgan fingerprint density at radius 3 is 2.82 bits per heavy atom. The van der Waals surface area contributed by atoms with Gasteiger partial charge < -0.3 is 30.1 Å². The molecule has 1 saturated heterocycles. The van der Waals surface area contributed by atoms with E-state index in [0.29, 0.717) is 44.1 Å². The van der Waals surface area contributed by atoms with Gasteiger partial charge in [0.1, 0.15) is 12.4 Å². The number of urea groups is 1. The van der Waals surface area contributed by atoms with Crippen molar-refractivity contribution in [3.63, 3.8) is 0 Å². The summed E-state index contributed by atoms with van der Waals surface area (Å²) >= 11 is 0. The number of hydrogen-bond acceptors (Lipinski definition) is 5. The number of amides is 4. The zero-order valence-electron chi connectivity index (χ0n) is 16.5. The zero-order valence-corrected chi connectivity index (χ0v) is 16.5. The average Bonchev–Trinajstić information content (AvgIpc) is 3.08. The molecule has 0 spiro atoms. The predicted octanol–water partition coefficient (Wildman–Crippen LogP) is 0.117. The molecule has 1 fully saturated rings. The predicted molar refractivity (Wildman–Crippen MR) is 105 cm³/mol. The van der Waals surface area contributed by atoms with Crippen molar-refractivity contribution < 1.29 is 19.1 Å². The number of ether oxygens (including phenoxy) is 1. The number of rotatable bonds is 6. The molecular formula is C19H27N5O4. The lowest BCUT2D eigenvalue weighted by molar-refractivity contribution is -0.121. The van der Waals surface area contributed by atoms with E-state index in [-0.39, 0.29) is 30.3 Å². The van der Waals surface area contributed by atoms with Gasteiger partial charge in [-0.1, -0.05) is 0 Å². The van der Waals surface area contributed by atoms with Crippen molar-refractivity contribution in [2.24, 2.45) is 0 Å². The second kappa shape index (κ2) is 8.37. The molecule has 1 unspecified atom stereocenters. The minimum atomic E-state index is -0.132. The minimum Gasteiger partial charge on any atom is -0.489 e. The highest BCUT2D eigenvalue weighted by Crippen LogP contribution is 2.34. The molecule has 1 atom stereocenters. The minimum absolute atomic E-state index is 0.0815. The molecule has 2 aliphatic rings. The van der Waals surface area contributed by atoms with Crippen LogP contribution in [0.3, 0.4) is 0 Å². The molecule has 4 amide bonds. The average molecular weight is 389 g/mol. The fourth-order valence-corrected chi connectivity index (χ4v) is 3.34. The normalized spacial score (nSPS) is 18.2. The molecule has 2 N–H and O–H groups in total. The van der Waals surface area contributed by atoms with Crippen LogP contribution in [0, 0.1) is 0 Å². The molecular weight excluding hydrogens is 362 g/mol. The van der Waals surface area contributed by atoms with E-state index >= 15 is 0 Å². The topological polar surface area (TPSA) is 94.2 Å². The number of hydrogen-bond donors (Lipinski definition) is 2. The molecule has 0 saturated carbocycles. The number of benzene rings is 1. The van der Waals surface area contributed by atoms with Crippen LogP contribution in [0.2, 0.25) is 0 Å². The van der Waals surface area contributed by atoms with Crippen LogP contribution in [0.1, 0.15) is 16.8 Å². The molecule has 1 aromatic rings. The van der Waals surface area contributed by atoms with Crippen LogP contribution in [-0.4, -0.2) is 87.6 Å². The Balaban J connectivity index is 1.56. The summed E-state index contributed by atoms with van der Waals surface area (Å²) < 4.78 is 5.79. The first-order chi connectivity index (χ1) is 13.4. The van der Waals surface area contributed by atoms with Gasteiger partial charge in [-0.3, -0.25) is 9.59 Å². The third-order valence-corrected chi connectivity index (χ3v) is 5.04. The zero-order chi connectivity index (χ0) is 20.3. The Bertz CT molecular complexity index is 767. The van der Waals surface area contributed by atoms with Crippen LogP contribution in [0.25, 0.3) is 0 Å². The highest BCUT2D eigenvalue weighted by atomic mass is 16.5. The van der Waals surface area contributed by atoms with E-state index in [1.807, 2.05) is 11.9 Å². The van der Waals surface area contributed by atoms with Gasteiger partial charge >= 0.3 is 6.03 Å². The van der Waals surface area contributed by atoms with Crippen molar-refractivity contribution in [3.05, 3.63) is 23.8 Å². The van der Waals surface area contributed by atoms with E-state index in [1.54, 1.807) is 37.2 Å². The Labute approximate surface area is 164 Å². The number of anilines is 1. The molecule has 0 radical (unpaired) electrons. The largest absolute Gasteiger partial charge is 0.489 e. The summed E-state index contributed by atoms with van der Waals surface area (Å²) in [6, 6.07) is 5.12. The molecule has 1 aromatic carbocycles. The van der Waals surface area contributed by atoms with Crippen LogP contribution >= 0.6 is 0 Å². The molecule has 0 bridgehead atoms. The number of likely N-dealkylation sites (N-methyl/N-ethyl adjacent to an activating group) is 1. The van der Waals surface area contributed by atoms with E-state index < -0.39 is 0 Å². The Hall–Kier alpha value is -2.97. The molecule has 0 aromatic heterocycles. The van der Waals surface area contributed by atoms with Crippen molar-refractivity contribution in [2.75, 3.05) is 58.8 Å². The lowest BCUT2D eigenvalue weighted by Crippen LogP contribution is -2.45. The smallest absolute Gasteiger partial charge is 0.317 e. The van der Waals surface area contributed by atoms with Crippen LogP contribution in [0.15, 0.2) is 18.2 Å². The number of nitrogens with zero attached hydrogens (tertiary/aromatic N) is 3. The van der Waals surface area contributed by atoms with E-state index in [0.717, 1.165) is 5.69 Å². The molecule has 9 heteroatoms. The van der Waals surface area contributed by atoms with Gasteiger partial charge in [-0.25, -0.2) is 4.79 Å². The summed E-state index contributed by atoms with van der Waals surface area (Å²) in [6.45, 7) is 2.62. The SMILES string of the molecule is CN(C)C(=O)c1ccc2c(c1)N(C)C(CC(=O)NCCN1CCNC1=O)CO2. The molecule has 3 rings (SSSR count). The number of fused-ring (bicyclic) bond motifs is 1. The standard InChI is InChI=1S/C19H27N5O4/c1-22(2)18(26)13-4-5-16-15(10-13)23(3)14(12-28-16)11-17(25)20-6-8-24-9-7-21-19(24)27/h4-5,10,14H,6-9,11-12H2,1-3H3,(H,20,25)(H,21,27). The van der Waals surface area contributed by atoms with Gasteiger partial charge in [-0.2, -0.15) is 0 Å². The molecule has 2 heterocycles. The van der Waals surface area contributed by atoms with E-state index in [4.69, 9.17) is 4.74 Å². The van der Waals surface area contributed by atoms with Gasteiger partial charge in [-0.05, 0) is 18.2 Å². The lowest BCUT2D eigenvalue weighted by Gasteiger charge is -2.36. The van der Waals surface area contributed by atoms with Gasteiger partial charge in [0.15, 0.2) is 0 Å². The fourth-order valence-electron chi connectivity index (χ4n) is 3.34. The van der Waals surface area contributed by atoms with Crippen LogP contribution in [0.4, 0.5) is 10.5 Å². The van der Waals surface area contributed by atoms with Crippen molar-refractivity contribution in [2.45, 2.75) is 12.5 Å². The van der Waals surface area contributed by atoms with Gasteiger partial charge in [-0.15, -0.1) is 0 Å². The summed E-state index contributed by atoms with van der Waals surface area (Å²) in [5, 5.41) is 5.59. The van der Waals surface area contributed by atoms with Crippen molar-refractivity contribution >= 4 is 23.5 Å². The van der Waals surface area contributed by atoms with Crippen molar-refractivity contribution in [1.29, 1.82) is 0 Å². The maximum Gasteiger partial charge on any atom is 0.317 e. The first-order valence-corrected chi connectivity index (χ1v) is 9.37. The second-order valence-electron chi connectivity index (χ2n) is 7.23. The van der Waals surface area contributed by atoms with Gasteiger partial charge in [0.05, 0.1) is 18.2 Å². The van der Waals surface area contributed by atoms with Crippen molar-refractivity contribution in [1.82, 2.24) is 20.4 Å². The third kappa shape index (κ3) is 4.29. The van der Waals surface area contributed by atoms with E-state index in [1.165, 1.54) is 4.90 Å². The summed E-state index contributed by atoms with van der Waals surface area (Å²) in [6.07, 6.45) is 0.272. The Kier molecular flexibility index (Phi) is 5.91. The maximum absolute atomic E-state index is 12.3. The van der Waals surface area contributed by atoms with Gasteiger partial charge in [0, 0.05) is 52.9 Å². The Morgan fingerprint density at radius 1 is 1.36 bits per heavy atom. The van der Waals surface area contributed by atoms with Crippen LogP contribution in [-0.2, 0) is 4.79 Å². The Morgan fingerprint density at radius 2 is 2.14 bits per heavy atom. The van der Waals surface area contributed by atoms with Crippen LogP contribution < -0.4 is 20.3 Å². The lowest BCUT2D eigenvalue weighted by atomic mass is 10.1. The molecule has 152 valence electrons. The van der Waals surface area contributed by atoms with Crippen molar-refractivity contribution in [3.8, 4) is 5.75 Å². The second-order valence-corrected chi connectivity index (χ2v) is 7.23. The summed E-state index contributed by atoms with van der Waals surface area (Å²) in [5.74, 6) is 0.528. The van der Waals surface area contributed by atoms with Crippen LogP contribution in [0.5, 0.6) is 5.75 Å². The molecule has 28 heavy (non-hydrogen) atoms. The fraction of sp³-hybridized carbons (Fsp3) is 0.526. The van der Waals surface area contributed by atoms with Gasteiger partial charge in [0.25, 0.3) is 5.91 Å². The quantitative estimate of drug-likeness (QED) is 0.721. The first kappa shape index (κ1) is 19.8. The highest BCUT2D eigenvalue weighted by Gasteiger charge is 2.28. The number of carbonyl (C=O) groups excluding carboxylic acids is 3. The summed E-state index contributed by atoms with van der Waals surface area (Å²) in [5.41, 5.74) is 1.37. The van der Waals surface area contributed by atoms with Gasteiger partial charge in [0.2, 0.25) is 5.91 Å². The summed E-state index contributed by atoms with van der Waals surface area (Å²) in [7, 11) is 5.32. The summed E-state index contributed by atoms with van der Waals surface area (Å²) in [4.78, 5) is 41.2.